The second-order valence-electron chi connectivity index (χ2n) is 7.38. The number of benzene rings is 2. The fourth-order valence-corrected chi connectivity index (χ4v) is 4.19. The number of nitrogens with zero attached hydrogens (tertiary/aromatic N) is 3. The summed E-state index contributed by atoms with van der Waals surface area (Å²) in [4.78, 5) is 34.9. The molecule has 0 spiro atoms. The Kier molecular flexibility index (Phi) is 6.58. The third-order valence-electron chi connectivity index (χ3n) is 4.95. The van der Waals surface area contributed by atoms with E-state index in [0.717, 1.165) is 11.1 Å². The van der Waals surface area contributed by atoms with Crippen molar-refractivity contribution in [1.29, 1.82) is 0 Å². The molecule has 1 atom stereocenters. The summed E-state index contributed by atoms with van der Waals surface area (Å²) in [5, 5.41) is 4.53. The van der Waals surface area contributed by atoms with Gasteiger partial charge in [0, 0.05) is 11.2 Å². The number of thioether (sulfide) groups is 1. The average Bonchev–Trinajstić information content (AvgIpc) is 2.79. The number of rotatable bonds is 6. The molecule has 32 heavy (non-hydrogen) atoms. The van der Waals surface area contributed by atoms with E-state index in [2.05, 4.69) is 15.3 Å². The van der Waals surface area contributed by atoms with Crippen LogP contribution < -0.4 is 10.9 Å². The van der Waals surface area contributed by atoms with Crippen molar-refractivity contribution in [1.82, 2.24) is 19.9 Å². The summed E-state index contributed by atoms with van der Waals surface area (Å²) < 4.78 is 1.46. The first-order chi connectivity index (χ1) is 15.4. The molecule has 1 unspecified atom stereocenters. The van der Waals surface area contributed by atoms with E-state index in [0.29, 0.717) is 26.9 Å². The van der Waals surface area contributed by atoms with E-state index in [1.54, 1.807) is 42.6 Å². The van der Waals surface area contributed by atoms with Crippen molar-refractivity contribution in [2.75, 3.05) is 5.75 Å². The van der Waals surface area contributed by atoms with Crippen molar-refractivity contribution in [2.24, 2.45) is 0 Å². The average molecular weight is 465 g/mol. The summed E-state index contributed by atoms with van der Waals surface area (Å²) in [6, 6.07) is 18.0. The van der Waals surface area contributed by atoms with Gasteiger partial charge in [-0.05, 0) is 55.3 Å². The number of carbonyl (C=O) groups excluding carboxylic acids is 1. The molecule has 0 fully saturated rings. The Morgan fingerprint density at radius 2 is 1.88 bits per heavy atom. The van der Waals surface area contributed by atoms with Gasteiger partial charge in [0.2, 0.25) is 5.91 Å². The lowest BCUT2D eigenvalue weighted by Crippen LogP contribution is -2.29. The number of fused-ring (bicyclic) bond motifs is 1. The Morgan fingerprint density at radius 3 is 2.59 bits per heavy atom. The molecular formula is C24H21ClN4O2S. The van der Waals surface area contributed by atoms with Crippen LogP contribution in [0.25, 0.3) is 16.7 Å². The van der Waals surface area contributed by atoms with Crippen LogP contribution in [0.4, 0.5) is 0 Å². The van der Waals surface area contributed by atoms with Crippen molar-refractivity contribution < 1.29 is 4.79 Å². The number of hydrogen-bond acceptors (Lipinski definition) is 5. The maximum absolute atomic E-state index is 13.2. The fraction of sp³-hybridized carbons (Fsp3) is 0.167. The highest BCUT2D eigenvalue weighted by molar-refractivity contribution is 7.99. The third-order valence-corrected chi connectivity index (χ3v) is 6.14. The summed E-state index contributed by atoms with van der Waals surface area (Å²) in [6.45, 7) is 3.84. The molecular weight excluding hydrogens is 444 g/mol. The van der Waals surface area contributed by atoms with E-state index in [9.17, 15) is 9.59 Å². The number of pyridine rings is 1. The third kappa shape index (κ3) is 4.84. The van der Waals surface area contributed by atoms with E-state index >= 15 is 0 Å². The van der Waals surface area contributed by atoms with Gasteiger partial charge in [-0.25, -0.2) is 14.5 Å². The first kappa shape index (κ1) is 22.0. The predicted molar refractivity (Wildman–Crippen MR) is 129 cm³/mol. The van der Waals surface area contributed by atoms with Gasteiger partial charge in [0.25, 0.3) is 5.56 Å². The van der Waals surface area contributed by atoms with E-state index < -0.39 is 0 Å². The lowest BCUT2D eigenvalue weighted by Gasteiger charge is -2.15. The first-order valence-corrected chi connectivity index (χ1v) is 11.4. The van der Waals surface area contributed by atoms with Gasteiger partial charge >= 0.3 is 0 Å². The summed E-state index contributed by atoms with van der Waals surface area (Å²) in [6.07, 6.45) is 1.70. The highest BCUT2D eigenvalue weighted by atomic mass is 35.5. The fourth-order valence-electron chi connectivity index (χ4n) is 3.25. The molecule has 0 aliphatic rings. The van der Waals surface area contributed by atoms with Crippen LogP contribution in [0.3, 0.4) is 0 Å². The van der Waals surface area contributed by atoms with Gasteiger partial charge in [-0.3, -0.25) is 9.59 Å². The van der Waals surface area contributed by atoms with Crippen LogP contribution in [0.15, 0.2) is 76.8 Å². The molecule has 1 N–H and O–H groups in total. The lowest BCUT2D eigenvalue weighted by atomic mass is 10.1. The zero-order valence-electron chi connectivity index (χ0n) is 17.6. The van der Waals surface area contributed by atoms with Crippen LogP contribution in [0.2, 0.25) is 5.02 Å². The normalized spacial score (nSPS) is 12.0. The van der Waals surface area contributed by atoms with Crippen LogP contribution >= 0.6 is 23.4 Å². The summed E-state index contributed by atoms with van der Waals surface area (Å²) in [7, 11) is 0. The minimum absolute atomic E-state index is 0.106. The van der Waals surface area contributed by atoms with Gasteiger partial charge in [-0.1, -0.05) is 53.7 Å². The van der Waals surface area contributed by atoms with Gasteiger partial charge in [0.05, 0.1) is 22.7 Å². The number of carbonyl (C=O) groups is 1. The Hall–Kier alpha value is -3.16. The van der Waals surface area contributed by atoms with Crippen LogP contribution in [0, 0.1) is 6.92 Å². The number of para-hydroxylation sites is 1. The van der Waals surface area contributed by atoms with E-state index in [1.165, 1.54) is 16.3 Å². The van der Waals surface area contributed by atoms with Gasteiger partial charge in [0.15, 0.2) is 5.16 Å². The maximum Gasteiger partial charge on any atom is 0.267 e. The molecule has 0 saturated heterocycles. The van der Waals surface area contributed by atoms with Gasteiger partial charge in [-0.15, -0.1) is 0 Å². The second-order valence-corrected chi connectivity index (χ2v) is 8.75. The number of aromatic nitrogens is 3. The Labute approximate surface area is 194 Å². The number of hydrogen-bond donors (Lipinski definition) is 1. The van der Waals surface area contributed by atoms with E-state index in [1.807, 2.05) is 38.1 Å². The van der Waals surface area contributed by atoms with Crippen molar-refractivity contribution in [3.05, 3.63) is 93.4 Å². The molecule has 6 nitrogen and oxygen atoms in total. The Balaban J connectivity index is 1.59. The Morgan fingerprint density at radius 1 is 1.12 bits per heavy atom. The highest BCUT2D eigenvalue weighted by Gasteiger charge is 2.16. The van der Waals surface area contributed by atoms with Crippen molar-refractivity contribution >= 4 is 40.2 Å². The number of aryl methyl sites for hydroxylation is 1. The molecule has 4 aromatic rings. The molecule has 2 aromatic heterocycles. The predicted octanol–water partition coefficient (Wildman–Crippen LogP) is 4.71. The maximum atomic E-state index is 13.2. The minimum atomic E-state index is -0.218. The molecule has 2 heterocycles. The number of halogens is 1. The quantitative estimate of drug-likeness (QED) is 0.330. The largest absolute Gasteiger partial charge is 0.349 e. The smallest absolute Gasteiger partial charge is 0.267 e. The van der Waals surface area contributed by atoms with E-state index in [-0.39, 0.29) is 23.3 Å². The summed E-state index contributed by atoms with van der Waals surface area (Å²) >= 11 is 7.14. The number of nitrogens with one attached hydrogen (secondary N) is 1. The monoisotopic (exact) mass is 464 g/mol. The molecule has 1 amide bonds. The number of amides is 1. The zero-order chi connectivity index (χ0) is 22.7. The van der Waals surface area contributed by atoms with Crippen LogP contribution in [0.5, 0.6) is 0 Å². The molecule has 0 aliphatic carbocycles. The van der Waals surface area contributed by atoms with Crippen molar-refractivity contribution in [3.63, 3.8) is 0 Å². The summed E-state index contributed by atoms with van der Waals surface area (Å²) in [5.41, 5.74) is 2.31. The van der Waals surface area contributed by atoms with Gasteiger partial charge < -0.3 is 5.32 Å². The Bertz CT molecular complexity index is 1320. The van der Waals surface area contributed by atoms with Crippen LogP contribution in [-0.4, -0.2) is 26.2 Å². The molecule has 0 saturated carbocycles. The standard InChI is InChI=1S/C24H21ClN4O2S/c1-15-7-12-21(26-13-15)29-23(31)19-5-3-4-6-20(19)28-24(29)32-14-22(30)27-16(2)17-8-10-18(25)11-9-17/h3-13,16H,14H2,1-2H3,(H,27,30). The molecule has 0 radical (unpaired) electrons. The second kappa shape index (κ2) is 9.54. The zero-order valence-corrected chi connectivity index (χ0v) is 19.2. The van der Waals surface area contributed by atoms with Gasteiger partial charge in [0.1, 0.15) is 5.82 Å². The van der Waals surface area contributed by atoms with Crippen LogP contribution in [-0.2, 0) is 4.79 Å². The van der Waals surface area contributed by atoms with Crippen molar-refractivity contribution in [3.8, 4) is 5.82 Å². The molecule has 162 valence electrons. The molecule has 0 aliphatic heterocycles. The van der Waals surface area contributed by atoms with E-state index in [4.69, 9.17) is 11.6 Å². The topological polar surface area (TPSA) is 76.9 Å². The van der Waals surface area contributed by atoms with Gasteiger partial charge in [-0.2, -0.15) is 0 Å². The first-order valence-electron chi connectivity index (χ1n) is 10.0. The van der Waals surface area contributed by atoms with Crippen LogP contribution in [0.1, 0.15) is 24.1 Å². The highest BCUT2D eigenvalue weighted by Crippen LogP contribution is 2.21. The molecule has 8 heteroatoms. The molecule has 0 bridgehead atoms. The lowest BCUT2D eigenvalue weighted by molar-refractivity contribution is -0.119. The summed E-state index contributed by atoms with van der Waals surface area (Å²) in [5.74, 6) is 0.411. The minimum Gasteiger partial charge on any atom is -0.349 e. The van der Waals surface area contributed by atoms with Crippen molar-refractivity contribution in [2.45, 2.75) is 25.0 Å². The molecule has 4 rings (SSSR count). The molecule has 2 aromatic carbocycles. The SMILES string of the molecule is Cc1ccc(-n2c(SCC(=O)NC(C)c3ccc(Cl)cc3)nc3ccccc3c2=O)nc1.